The molecule has 0 aliphatic rings. The lowest BCUT2D eigenvalue weighted by Gasteiger charge is -2.16. The minimum absolute atomic E-state index is 0.00778. The summed E-state index contributed by atoms with van der Waals surface area (Å²) in [6, 6.07) is 13.0. The van der Waals surface area contributed by atoms with E-state index >= 15 is 0 Å². The summed E-state index contributed by atoms with van der Waals surface area (Å²) in [6.45, 7) is 7.04. The number of rotatable bonds is 6. The van der Waals surface area contributed by atoms with Crippen molar-refractivity contribution in [3.8, 4) is 28.4 Å². The van der Waals surface area contributed by atoms with Gasteiger partial charge in [0.25, 0.3) is 0 Å². The van der Waals surface area contributed by atoms with E-state index in [1.165, 1.54) is 54.1 Å². The number of alkyl halides is 5. The van der Waals surface area contributed by atoms with Crippen LogP contribution in [-0.2, 0) is 0 Å². The molecule has 34 heavy (non-hydrogen) atoms. The Labute approximate surface area is 199 Å². The predicted octanol–water partition coefficient (Wildman–Crippen LogP) is 7.98. The zero-order valence-corrected chi connectivity index (χ0v) is 20.2. The topological polar surface area (TPSA) is 56.5 Å². The quantitative estimate of drug-likeness (QED) is 0.271. The summed E-state index contributed by atoms with van der Waals surface area (Å²) in [5.41, 5.74) is 2.12. The van der Waals surface area contributed by atoms with Gasteiger partial charge in [0.1, 0.15) is 11.5 Å². The highest BCUT2D eigenvalue weighted by molar-refractivity contribution is 7.93. The van der Waals surface area contributed by atoms with Crippen molar-refractivity contribution in [3.63, 3.8) is 0 Å². The van der Waals surface area contributed by atoms with E-state index in [0.717, 1.165) is 12.0 Å². The van der Waals surface area contributed by atoms with Gasteiger partial charge in [-0.2, -0.15) is 13.9 Å². The number of hydrogen-bond acceptors (Lipinski definition) is 5. The van der Waals surface area contributed by atoms with E-state index in [1.807, 2.05) is 13.8 Å². The van der Waals surface area contributed by atoms with Crippen LogP contribution in [0.4, 0.5) is 22.0 Å². The standard InChI is InChI=1S/C20H17F5N2O2.C2H6.CH4OS/c1-3-19(21,22)28-16-9-7-15(8-10-16)27-18(11-13(2)26-27)14-5-4-6-17(12-14)29-20(23,24)25;1-2;1-3-2/h4-12H,3H2,1-2H3;1-2H3;2H,1H3. The fourth-order valence-corrected chi connectivity index (χ4v) is 2.65. The van der Waals surface area contributed by atoms with Crippen molar-refractivity contribution in [3.05, 3.63) is 60.3 Å². The first-order valence-electron chi connectivity index (χ1n) is 10.3. The van der Waals surface area contributed by atoms with Crippen LogP contribution < -0.4 is 9.47 Å². The van der Waals surface area contributed by atoms with Gasteiger partial charge in [0.2, 0.25) is 0 Å². The molecule has 0 bridgehead atoms. The van der Waals surface area contributed by atoms with E-state index in [4.69, 9.17) is 4.55 Å². The number of benzene rings is 2. The van der Waals surface area contributed by atoms with Gasteiger partial charge in [-0.3, -0.25) is 0 Å². The molecule has 2 aromatic carbocycles. The van der Waals surface area contributed by atoms with Crippen LogP contribution in [0.2, 0.25) is 0 Å². The average molecular weight is 507 g/mol. The maximum Gasteiger partial charge on any atom is 0.573 e. The van der Waals surface area contributed by atoms with Gasteiger partial charge in [-0.1, -0.05) is 32.9 Å². The predicted molar refractivity (Wildman–Crippen MR) is 124 cm³/mol. The second-order valence-corrected chi connectivity index (χ2v) is 6.79. The number of aromatic nitrogens is 2. The number of hydrogen-bond donors (Lipinski definition) is 1. The Balaban J connectivity index is 0.00000107. The van der Waals surface area contributed by atoms with Crippen LogP contribution >= 0.6 is 12.0 Å². The first kappa shape index (κ1) is 29.2. The molecule has 0 aliphatic carbocycles. The molecule has 0 amide bonds. The summed E-state index contributed by atoms with van der Waals surface area (Å²) < 4.78 is 81.8. The molecule has 0 unspecified atom stereocenters. The molecule has 188 valence electrons. The Morgan fingerprint density at radius 3 is 2.06 bits per heavy atom. The van der Waals surface area contributed by atoms with Crippen molar-refractivity contribution in [1.29, 1.82) is 0 Å². The molecule has 0 fully saturated rings. The Kier molecular flexibility index (Phi) is 11.3. The second kappa shape index (κ2) is 13.2. The molecular formula is C23H27F5N2O3S. The highest BCUT2D eigenvalue weighted by Gasteiger charge is 2.31. The molecule has 0 radical (unpaired) electrons. The monoisotopic (exact) mass is 506 g/mol. The minimum atomic E-state index is -4.80. The molecule has 0 atom stereocenters. The largest absolute Gasteiger partial charge is 0.573 e. The van der Waals surface area contributed by atoms with E-state index in [9.17, 15) is 22.0 Å². The van der Waals surface area contributed by atoms with Gasteiger partial charge in [-0.15, -0.1) is 13.2 Å². The Morgan fingerprint density at radius 2 is 1.53 bits per heavy atom. The SMILES string of the molecule is CC.CCC(F)(F)Oc1ccc(-n2nc(C)cc2-c2cccc(OC(F)(F)F)c2)cc1.CSO. The maximum atomic E-state index is 13.4. The normalized spacial score (nSPS) is 11.0. The lowest BCUT2D eigenvalue weighted by atomic mass is 10.1. The van der Waals surface area contributed by atoms with Gasteiger partial charge in [0, 0.05) is 18.2 Å². The molecule has 3 rings (SSSR count). The third-order valence-corrected chi connectivity index (χ3v) is 3.95. The second-order valence-electron chi connectivity index (χ2n) is 6.43. The number of ether oxygens (including phenoxy) is 2. The van der Waals surface area contributed by atoms with Gasteiger partial charge in [-0.25, -0.2) is 4.68 Å². The summed E-state index contributed by atoms with van der Waals surface area (Å²) in [4.78, 5) is 0. The molecule has 1 heterocycles. The van der Waals surface area contributed by atoms with E-state index in [1.54, 1.807) is 25.3 Å². The number of nitrogens with zero attached hydrogens (tertiary/aromatic N) is 2. The summed E-state index contributed by atoms with van der Waals surface area (Å²) in [5.74, 6) is -0.363. The summed E-state index contributed by atoms with van der Waals surface area (Å²) in [6.07, 6.45) is -6.94. The Hall–Kier alpha value is -2.79. The molecule has 5 nitrogen and oxygen atoms in total. The summed E-state index contributed by atoms with van der Waals surface area (Å²) >= 11 is 0.750. The highest BCUT2D eigenvalue weighted by Crippen LogP contribution is 2.31. The lowest BCUT2D eigenvalue weighted by Crippen LogP contribution is -2.23. The molecule has 0 saturated carbocycles. The van der Waals surface area contributed by atoms with Gasteiger partial charge >= 0.3 is 12.5 Å². The first-order valence-corrected chi connectivity index (χ1v) is 11.4. The molecule has 0 saturated heterocycles. The summed E-state index contributed by atoms with van der Waals surface area (Å²) in [7, 11) is 0. The van der Waals surface area contributed by atoms with Crippen LogP contribution in [-0.4, -0.2) is 33.1 Å². The Morgan fingerprint density at radius 1 is 0.941 bits per heavy atom. The molecule has 11 heteroatoms. The van der Waals surface area contributed by atoms with Crippen molar-refractivity contribution in [2.24, 2.45) is 0 Å². The van der Waals surface area contributed by atoms with Crippen LogP contribution in [0.1, 0.15) is 32.9 Å². The first-order chi connectivity index (χ1) is 16.0. The van der Waals surface area contributed by atoms with Crippen molar-refractivity contribution < 1.29 is 36.0 Å². The highest BCUT2D eigenvalue weighted by atomic mass is 32.2. The fourth-order valence-electron chi connectivity index (χ4n) is 2.65. The van der Waals surface area contributed by atoms with Crippen LogP contribution in [0.5, 0.6) is 11.5 Å². The van der Waals surface area contributed by atoms with Gasteiger partial charge in [0.15, 0.2) is 0 Å². The van der Waals surface area contributed by atoms with Crippen LogP contribution in [0.3, 0.4) is 0 Å². The fraction of sp³-hybridized carbons (Fsp3) is 0.348. The molecule has 3 aromatic rings. The third-order valence-electron chi connectivity index (χ3n) is 3.95. The van der Waals surface area contributed by atoms with Crippen LogP contribution in [0.15, 0.2) is 54.6 Å². The number of halogens is 5. The van der Waals surface area contributed by atoms with Crippen LogP contribution in [0, 0.1) is 6.92 Å². The molecule has 1 aromatic heterocycles. The zero-order chi connectivity index (χ0) is 25.9. The van der Waals surface area contributed by atoms with E-state index in [-0.39, 0.29) is 11.5 Å². The van der Waals surface area contributed by atoms with E-state index in [2.05, 4.69) is 14.6 Å². The van der Waals surface area contributed by atoms with Crippen molar-refractivity contribution in [2.45, 2.75) is 46.6 Å². The Bertz CT molecular complexity index is 1010. The smallest absolute Gasteiger partial charge is 0.433 e. The van der Waals surface area contributed by atoms with Crippen molar-refractivity contribution in [1.82, 2.24) is 9.78 Å². The average Bonchev–Trinajstić information content (AvgIpc) is 3.17. The number of aryl methyl sites for hydroxylation is 1. The molecule has 1 N–H and O–H groups in total. The molecular weight excluding hydrogens is 479 g/mol. The van der Waals surface area contributed by atoms with Gasteiger partial charge in [-0.05, 0) is 61.4 Å². The van der Waals surface area contributed by atoms with Gasteiger partial charge in [0.05, 0.1) is 17.1 Å². The lowest BCUT2D eigenvalue weighted by molar-refractivity contribution is -0.274. The minimum Gasteiger partial charge on any atom is -0.433 e. The van der Waals surface area contributed by atoms with Crippen LogP contribution in [0.25, 0.3) is 16.9 Å². The maximum absolute atomic E-state index is 13.4. The molecule has 0 aliphatic heterocycles. The van der Waals surface area contributed by atoms with Crippen molar-refractivity contribution in [2.75, 3.05) is 6.26 Å². The third kappa shape index (κ3) is 9.22. The van der Waals surface area contributed by atoms with Crippen molar-refractivity contribution >= 4 is 12.0 Å². The van der Waals surface area contributed by atoms with E-state index < -0.39 is 18.9 Å². The van der Waals surface area contributed by atoms with E-state index in [0.29, 0.717) is 22.6 Å². The molecule has 0 spiro atoms. The van der Waals surface area contributed by atoms with Gasteiger partial charge < -0.3 is 14.0 Å². The zero-order valence-electron chi connectivity index (χ0n) is 19.4. The summed E-state index contributed by atoms with van der Waals surface area (Å²) in [5, 5.41) is 4.35.